The van der Waals surface area contributed by atoms with Crippen LogP contribution < -0.4 is 5.73 Å². The lowest BCUT2D eigenvalue weighted by atomic mass is 10.1. The van der Waals surface area contributed by atoms with E-state index in [9.17, 15) is 0 Å². The Hall–Kier alpha value is -1.82. The summed E-state index contributed by atoms with van der Waals surface area (Å²) < 4.78 is 5.14. The van der Waals surface area contributed by atoms with Crippen molar-refractivity contribution in [2.24, 2.45) is 5.73 Å². The first-order chi connectivity index (χ1) is 8.70. The molecule has 0 spiro atoms. The Labute approximate surface area is 106 Å². The van der Waals surface area contributed by atoms with Crippen molar-refractivity contribution in [3.8, 4) is 11.6 Å². The second-order valence-corrected chi connectivity index (χ2v) is 4.29. The van der Waals surface area contributed by atoms with Gasteiger partial charge in [0.2, 0.25) is 17.5 Å². The molecule has 0 aliphatic rings. The molecule has 96 valence electrons. The van der Waals surface area contributed by atoms with Crippen molar-refractivity contribution in [3.05, 3.63) is 23.8 Å². The van der Waals surface area contributed by atoms with Crippen LogP contribution in [-0.4, -0.2) is 20.1 Å². The third-order valence-corrected chi connectivity index (χ3v) is 2.61. The van der Waals surface area contributed by atoms with Gasteiger partial charge in [0.1, 0.15) is 0 Å². The predicted octanol–water partition coefficient (Wildman–Crippen LogP) is 2.03. The summed E-state index contributed by atoms with van der Waals surface area (Å²) in [4.78, 5) is 12.5. The summed E-state index contributed by atoms with van der Waals surface area (Å²) in [6.07, 6.45) is 6.41. The fourth-order valence-electron chi connectivity index (χ4n) is 1.53. The minimum absolute atomic E-state index is 0.211. The van der Waals surface area contributed by atoms with Crippen molar-refractivity contribution in [1.82, 2.24) is 20.1 Å². The van der Waals surface area contributed by atoms with Crippen LogP contribution in [-0.2, 0) is 0 Å². The zero-order valence-electron chi connectivity index (χ0n) is 10.6. The summed E-state index contributed by atoms with van der Waals surface area (Å²) in [6, 6.07) is -0.211. The smallest absolute Gasteiger partial charge is 0.243 e. The number of hydrogen-bond donors (Lipinski definition) is 1. The van der Waals surface area contributed by atoms with Crippen LogP contribution in [0.4, 0.5) is 0 Å². The van der Waals surface area contributed by atoms with Crippen LogP contribution in [0.3, 0.4) is 0 Å². The molecule has 1 unspecified atom stereocenters. The molecule has 0 aromatic carbocycles. The molecule has 18 heavy (non-hydrogen) atoms. The molecule has 6 heteroatoms. The standard InChI is InChI=1S/C12H17N5O/c1-3-4-5-9(13)12-16-11(17-18-12)10-14-6-8(2)7-15-10/h6-7,9H,3-5,13H2,1-2H3. The number of unbranched alkanes of at least 4 members (excludes halogenated alkanes) is 1. The molecular weight excluding hydrogens is 230 g/mol. The number of rotatable bonds is 5. The maximum absolute atomic E-state index is 5.96. The van der Waals surface area contributed by atoms with Gasteiger partial charge in [-0.3, -0.25) is 0 Å². The summed E-state index contributed by atoms with van der Waals surface area (Å²) in [5.74, 6) is 1.29. The van der Waals surface area contributed by atoms with E-state index < -0.39 is 0 Å². The average Bonchev–Trinajstić information content (AvgIpc) is 2.86. The first-order valence-corrected chi connectivity index (χ1v) is 6.09. The molecule has 2 rings (SSSR count). The van der Waals surface area contributed by atoms with Crippen molar-refractivity contribution < 1.29 is 4.52 Å². The lowest BCUT2D eigenvalue weighted by Gasteiger charge is -2.03. The fraction of sp³-hybridized carbons (Fsp3) is 0.500. The third-order valence-electron chi connectivity index (χ3n) is 2.61. The second-order valence-electron chi connectivity index (χ2n) is 4.29. The molecule has 1 atom stereocenters. The Morgan fingerprint density at radius 3 is 2.67 bits per heavy atom. The summed E-state index contributed by atoms with van der Waals surface area (Å²) in [5.41, 5.74) is 6.95. The zero-order valence-corrected chi connectivity index (χ0v) is 10.6. The Morgan fingerprint density at radius 1 is 1.28 bits per heavy atom. The lowest BCUT2D eigenvalue weighted by molar-refractivity contribution is 0.346. The molecule has 0 amide bonds. The SMILES string of the molecule is CCCCC(N)c1nc(-c2ncc(C)cn2)no1. The number of aromatic nitrogens is 4. The highest BCUT2D eigenvalue weighted by Gasteiger charge is 2.16. The van der Waals surface area contributed by atoms with E-state index in [-0.39, 0.29) is 6.04 Å². The van der Waals surface area contributed by atoms with Gasteiger partial charge in [0.05, 0.1) is 6.04 Å². The van der Waals surface area contributed by atoms with Crippen molar-refractivity contribution in [1.29, 1.82) is 0 Å². The van der Waals surface area contributed by atoms with Crippen LogP contribution in [0.25, 0.3) is 11.6 Å². The van der Waals surface area contributed by atoms with Gasteiger partial charge in [-0.2, -0.15) is 4.98 Å². The van der Waals surface area contributed by atoms with Gasteiger partial charge in [0, 0.05) is 12.4 Å². The molecule has 0 fully saturated rings. The Balaban J connectivity index is 2.12. The Kier molecular flexibility index (Phi) is 3.99. The van der Waals surface area contributed by atoms with Crippen LogP contribution in [0.1, 0.15) is 43.7 Å². The van der Waals surface area contributed by atoms with E-state index in [1.807, 2.05) is 6.92 Å². The third kappa shape index (κ3) is 2.89. The zero-order chi connectivity index (χ0) is 13.0. The van der Waals surface area contributed by atoms with Gasteiger partial charge in [-0.05, 0) is 18.9 Å². The summed E-state index contributed by atoms with van der Waals surface area (Å²) in [6.45, 7) is 4.04. The largest absolute Gasteiger partial charge is 0.337 e. The minimum Gasteiger partial charge on any atom is -0.337 e. The van der Waals surface area contributed by atoms with E-state index in [1.165, 1.54) is 0 Å². The van der Waals surface area contributed by atoms with Crippen LogP contribution >= 0.6 is 0 Å². The van der Waals surface area contributed by atoms with E-state index in [0.717, 1.165) is 24.8 Å². The van der Waals surface area contributed by atoms with Gasteiger partial charge < -0.3 is 10.3 Å². The molecule has 0 aliphatic heterocycles. The Morgan fingerprint density at radius 2 is 2.00 bits per heavy atom. The molecule has 0 saturated carbocycles. The molecule has 2 aromatic rings. The predicted molar refractivity (Wildman–Crippen MR) is 66.5 cm³/mol. The summed E-state index contributed by atoms with van der Waals surface area (Å²) in [7, 11) is 0. The molecule has 0 bridgehead atoms. The highest BCUT2D eigenvalue weighted by Crippen LogP contribution is 2.17. The van der Waals surface area contributed by atoms with Gasteiger partial charge >= 0.3 is 0 Å². The maximum atomic E-state index is 5.96. The van der Waals surface area contributed by atoms with Gasteiger partial charge in [-0.15, -0.1) is 0 Å². The van der Waals surface area contributed by atoms with Gasteiger partial charge in [0.25, 0.3) is 0 Å². The molecule has 0 saturated heterocycles. The number of hydrogen-bond acceptors (Lipinski definition) is 6. The van der Waals surface area contributed by atoms with Gasteiger partial charge in [-0.25, -0.2) is 9.97 Å². The van der Waals surface area contributed by atoms with E-state index in [2.05, 4.69) is 27.0 Å². The first-order valence-electron chi connectivity index (χ1n) is 6.09. The molecule has 0 aliphatic carbocycles. The van der Waals surface area contributed by atoms with Crippen molar-refractivity contribution in [3.63, 3.8) is 0 Å². The van der Waals surface area contributed by atoms with Crippen molar-refractivity contribution in [2.45, 2.75) is 39.2 Å². The molecule has 2 heterocycles. The van der Waals surface area contributed by atoms with Crippen molar-refractivity contribution >= 4 is 0 Å². The number of nitrogens with two attached hydrogens (primary N) is 1. The highest BCUT2D eigenvalue weighted by molar-refractivity contribution is 5.41. The monoisotopic (exact) mass is 247 g/mol. The van der Waals surface area contributed by atoms with Crippen LogP contribution in [0.2, 0.25) is 0 Å². The first kappa shape index (κ1) is 12.6. The molecular formula is C12H17N5O. The summed E-state index contributed by atoms with van der Waals surface area (Å²) >= 11 is 0. The van der Waals surface area contributed by atoms with E-state index >= 15 is 0 Å². The van der Waals surface area contributed by atoms with Crippen molar-refractivity contribution in [2.75, 3.05) is 0 Å². The normalized spacial score (nSPS) is 12.6. The van der Waals surface area contributed by atoms with Gasteiger partial charge in [0.15, 0.2) is 0 Å². The van der Waals surface area contributed by atoms with Gasteiger partial charge in [-0.1, -0.05) is 24.9 Å². The highest BCUT2D eigenvalue weighted by atomic mass is 16.5. The molecule has 6 nitrogen and oxygen atoms in total. The average molecular weight is 247 g/mol. The fourth-order valence-corrected chi connectivity index (χ4v) is 1.53. The minimum atomic E-state index is -0.211. The number of nitrogens with zero attached hydrogens (tertiary/aromatic N) is 4. The molecule has 2 aromatic heterocycles. The quantitative estimate of drug-likeness (QED) is 0.869. The summed E-state index contributed by atoms with van der Waals surface area (Å²) in [5, 5.41) is 3.85. The van der Waals surface area contributed by atoms with Crippen LogP contribution in [0.15, 0.2) is 16.9 Å². The topological polar surface area (TPSA) is 90.7 Å². The Bertz CT molecular complexity index is 493. The maximum Gasteiger partial charge on any atom is 0.243 e. The number of aryl methyl sites for hydroxylation is 1. The van der Waals surface area contributed by atoms with E-state index in [1.54, 1.807) is 12.4 Å². The molecule has 0 radical (unpaired) electrons. The van der Waals surface area contributed by atoms with Crippen LogP contribution in [0.5, 0.6) is 0 Å². The van der Waals surface area contributed by atoms with Crippen LogP contribution in [0, 0.1) is 6.92 Å². The second kappa shape index (κ2) is 5.68. The molecule has 2 N–H and O–H groups in total. The van der Waals surface area contributed by atoms with E-state index in [0.29, 0.717) is 17.5 Å². The van der Waals surface area contributed by atoms with E-state index in [4.69, 9.17) is 10.3 Å². The lowest BCUT2D eigenvalue weighted by Crippen LogP contribution is -2.10.